The van der Waals surface area contributed by atoms with Gasteiger partial charge in [0, 0.05) is 25.2 Å². The van der Waals surface area contributed by atoms with Crippen molar-refractivity contribution in [2.75, 3.05) is 40.5 Å². The number of amides is 1. The number of piperazine rings is 1. The molecule has 0 aromatic heterocycles. The molecule has 1 saturated heterocycles. The third-order valence-corrected chi connectivity index (χ3v) is 5.55. The van der Waals surface area contributed by atoms with Gasteiger partial charge in [-0.15, -0.1) is 0 Å². The highest BCUT2D eigenvalue weighted by atomic mass is 16.5. The van der Waals surface area contributed by atoms with E-state index in [2.05, 4.69) is 5.32 Å². The van der Waals surface area contributed by atoms with Crippen LogP contribution < -0.4 is 19.5 Å². The summed E-state index contributed by atoms with van der Waals surface area (Å²) in [5.41, 5.74) is 2.05. The number of carbonyl (C=O) groups excluding carboxylic acids is 1. The summed E-state index contributed by atoms with van der Waals surface area (Å²) in [6, 6.07) is 13.6. The molecule has 6 heteroatoms. The number of fused-ring (bicyclic) bond motifs is 1. The standard InChI is InChI=1S/C22H26N2O4/c1-26-17-7-8-20-15(12-17)11-16(14-28-20)22(25)24-10-9-23-13-19(24)18-5-3-4-6-21(18)27-2/h3-8,12,16,19,23H,9-11,13-14H2,1-2H3. The number of rotatable bonds is 4. The lowest BCUT2D eigenvalue weighted by atomic mass is 9.93. The maximum Gasteiger partial charge on any atom is 0.230 e. The van der Waals surface area contributed by atoms with E-state index in [-0.39, 0.29) is 17.9 Å². The van der Waals surface area contributed by atoms with Crippen molar-refractivity contribution >= 4 is 5.91 Å². The molecule has 0 radical (unpaired) electrons. The second-order valence-electron chi connectivity index (χ2n) is 7.18. The molecule has 2 aliphatic rings. The van der Waals surface area contributed by atoms with Crippen molar-refractivity contribution < 1.29 is 19.0 Å². The molecule has 28 heavy (non-hydrogen) atoms. The van der Waals surface area contributed by atoms with Crippen LogP contribution in [0.25, 0.3) is 0 Å². The van der Waals surface area contributed by atoms with Gasteiger partial charge in [-0.2, -0.15) is 0 Å². The maximum absolute atomic E-state index is 13.4. The zero-order valence-corrected chi connectivity index (χ0v) is 16.3. The van der Waals surface area contributed by atoms with Crippen LogP contribution >= 0.6 is 0 Å². The number of ether oxygens (including phenoxy) is 3. The molecule has 2 unspecified atom stereocenters. The Morgan fingerprint density at radius 2 is 2.04 bits per heavy atom. The van der Waals surface area contributed by atoms with E-state index < -0.39 is 0 Å². The Morgan fingerprint density at radius 1 is 1.18 bits per heavy atom. The molecule has 2 aliphatic heterocycles. The Kier molecular flexibility index (Phi) is 5.39. The van der Waals surface area contributed by atoms with Crippen molar-refractivity contribution in [3.05, 3.63) is 53.6 Å². The lowest BCUT2D eigenvalue weighted by Crippen LogP contribution is -2.52. The van der Waals surface area contributed by atoms with Gasteiger partial charge in [-0.05, 0) is 36.2 Å². The highest BCUT2D eigenvalue weighted by Crippen LogP contribution is 2.34. The van der Waals surface area contributed by atoms with Gasteiger partial charge in [0.25, 0.3) is 0 Å². The maximum atomic E-state index is 13.4. The number of hydrogen-bond donors (Lipinski definition) is 1. The van der Waals surface area contributed by atoms with Crippen molar-refractivity contribution in [2.24, 2.45) is 5.92 Å². The van der Waals surface area contributed by atoms with Gasteiger partial charge in [0.1, 0.15) is 23.9 Å². The van der Waals surface area contributed by atoms with Crippen LogP contribution in [0, 0.1) is 5.92 Å². The summed E-state index contributed by atoms with van der Waals surface area (Å²) in [4.78, 5) is 15.4. The van der Waals surface area contributed by atoms with E-state index in [1.165, 1.54) is 0 Å². The van der Waals surface area contributed by atoms with Gasteiger partial charge in [-0.1, -0.05) is 18.2 Å². The lowest BCUT2D eigenvalue weighted by molar-refractivity contribution is -0.140. The van der Waals surface area contributed by atoms with Crippen LogP contribution in [0.3, 0.4) is 0 Å². The topological polar surface area (TPSA) is 60.0 Å². The van der Waals surface area contributed by atoms with E-state index in [4.69, 9.17) is 14.2 Å². The van der Waals surface area contributed by atoms with E-state index in [9.17, 15) is 4.79 Å². The van der Waals surface area contributed by atoms with Gasteiger partial charge in [0.2, 0.25) is 5.91 Å². The minimum absolute atomic E-state index is 0.0518. The average Bonchev–Trinajstić information content (AvgIpc) is 2.77. The molecule has 1 fully saturated rings. The normalized spacial score (nSPS) is 21.4. The fraction of sp³-hybridized carbons (Fsp3) is 0.409. The lowest BCUT2D eigenvalue weighted by Gasteiger charge is -2.39. The molecular formula is C22H26N2O4. The fourth-order valence-corrected chi connectivity index (χ4v) is 4.08. The van der Waals surface area contributed by atoms with Crippen molar-refractivity contribution in [1.29, 1.82) is 0 Å². The molecule has 0 saturated carbocycles. The Hall–Kier alpha value is -2.73. The number of nitrogens with zero attached hydrogens (tertiary/aromatic N) is 1. The number of para-hydroxylation sites is 1. The van der Waals surface area contributed by atoms with Crippen LogP contribution in [0.1, 0.15) is 17.2 Å². The Bertz CT molecular complexity index is 854. The molecule has 0 bridgehead atoms. The van der Waals surface area contributed by atoms with Crippen LogP contribution in [-0.2, 0) is 11.2 Å². The van der Waals surface area contributed by atoms with Crippen LogP contribution in [0.15, 0.2) is 42.5 Å². The van der Waals surface area contributed by atoms with Crippen LogP contribution in [0.2, 0.25) is 0 Å². The van der Waals surface area contributed by atoms with E-state index in [0.29, 0.717) is 26.1 Å². The van der Waals surface area contributed by atoms with Crippen LogP contribution in [0.4, 0.5) is 0 Å². The van der Waals surface area contributed by atoms with E-state index in [1.807, 2.05) is 47.4 Å². The molecule has 1 N–H and O–H groups in total. The van der Waals surface area contributed by atoms with E-state index in [1.54, 1.807) is 14.2 Å². The fourth-order valence-electron chi connectivity index (χ4n) is 4.08. The number of hydrogen-bond acceptors (Lipinski definition) is 5. The van der Waals surface area contributed by atoms with Crippen LogP contribution in [-0.4, -0.2) is 51.3 Å². The van der Waals surface area contributed by atoms with Crippen molar-refractivity contribution in [3.8, 4) is 17.2 Å². The first-order chi connectivity index (χ1) is 13.7. The quantitative estimate of drug-likeness (QED) is 0.880. The third kappa shape index (κ3) is 3.52. The molecule has 2 heterocycles. The highest BCUT2D eigenvalue weighted by Gasteiger charge is 2.35. The number of carbonyl (C=O) groups is 1. The third-order valence-electron chi connectivity index (χ3n) is 5.55. The monoisotopic (exact) mass is 382 g/mol. The summed E-state index contributed by atoms with van der Waals surface area (Å²) < 4.78 is 16.7. The second-order valence-corrected chi connectivity index (χ2v) is 7.18. The van der Waals surface area contributed by atoms with Crippen molar-refractivity contribution in [3.63, 3.8) is 0 Å². The second kappa shape index (κ2) is 8.10. The molecule has 0 spiro atoms. The van der Waals surface area contributed by atoms with E-state index in [0.717, 1.165) is 34.9 Å². The summed E-state index contributed by atoms with van der Waals surface area (Å²) in [6.45, 7) is 2.57. The number of methoxy groups -OCH3 is 2. The largest absolute Gasteiger partial charge is 0.497 e. The Balaban J connectivity index is 1.57. The van der Waals surface area contributed by atoms with Gasteiger partial charge in [-0.25, -0.2) is 0 Å². The van der Waals surface area contributed by atoms with Crippen molar-refractivity contribution in [1.82, 2.24) is 10.2 Å². The van der Waals surface area contributed by atoms with Gasteiger partial charge in [0.05, 0.1) is 26.2 Å². The molecule has 0 aliphatic carbocycles. The minimum atomic E-state index is -0.199. The summed E-state index contributed by atoms with van der Waals surface area (Å²) in [7, 11) is 3.31. The minimum Gasteiger partial charge on any atom is -0.497 e. The molecule has 1 amide bonds. The molecule has 148 valence electrons. The van der Waals surface area contributed by atoms with Crippen molar-refractivity contribution in [2.45, 2.75) is 12.5 Å². The van der Waals surface area contributed by atoms with Gasteiger partial charge >= 0.3 is 0 Å². The zero-order valence-electron chi connectivity index (χ0n) is 16.3. The van der Waals surface area contributed by atoms with E-state index >= 15 is 0 Å². The Morgan fingerprint density at radius 3 is 2.86 bits per heavy atom. The van der Waals surface area contributed by atoms with Gasteiger partial charge in [-0.3, -0.25) is 4.79 Å². The summed E-state index contributed by atoms with van der Waals surface area (Å²) >= 11 is 0. The Labute approximate surface area is 165 Å². The first kappa shape index (κ1) is 18.6. The molecule has 2 aromatic rings. The zero-order chi connectivity index (χ0) is 19.5. The molecule has 6 nitrogen and oxygen atoms in total. The van der Waals surface area contributed by atoms with Crippen LogP contribution in [0.5, 0.6) is 17.2 Å². The SMILES string of the molecule is COc1ccc2c(c1)CC(C(=O)N1CCNCC1c1ccccc1OC)CO2. The smallest absolute Gasteiger partial charge is 0.230 e. The van der Waals surface area contributed by atoms with Gasteiger partial charge in [0.15, 0.2) is 0 Å². The predicted octanol–water partition coefficient (Wildman–Crippen LogP) is 2.43. The predicted molar refractivity (Wildman–Crippen MR) is 106 cm³/mol. The molecule has 2 atom stereocenters. The number of benzene rings is 2. The first-order valence-electron chi connectivity index (χ1n) is 9.65. The molecule has 4 rings (SSSR count). The molecular weight excluding hydrogens is 356 g/mol. The number of nitrogens with one attached hydrogen (secondary N) is 1. The first-order valence-corrected chi connectivity index (χ1v) is 9.65. The highest BCUT2D eigenvalue weighted by molar-refractivity contribution is 5.80. The summed E-state index contributed by atoms with van der Waals surface area (Å²) in [5, 5.41) is 3.41. The summed E-state index contributed by atoms with van der Waals surface area (Å²) in [6.07, 6.45) is 0.661. The van der Waals surface area contributed by atoms with Gasteiger partial charge < -0.3 is 24.4 Å². The summed E-state index contributed by atoms with van der Waals surface area (Å²) in [5.74, 6) is 2.36. The average molecular weight is 382 g/mol. The molecule has 2 aromatic carbocycles.